The lowest BCUT2D eigenvalue weighted by Gasteiger charge is -2.39. The summed E-state index contributed by atoms with van der Waals surface area (Å²) in [6, 6.07) is 16.5. The van der Waals surface area contributed by atoms with Gasteiger partial charge in [-0.3, -0.25) is 0 Å². The lowest BCUT2D eigenvalue weighted by molar-refractivity contribution is -0.362. The summed E-state index contributed by atoms with van der Waals surface area (Å²) >= 11 is 0. The minimum atomic E-state index is -4.24. The third-order valence-corrected chi connectivity index (χ3v) is 9.74. The molecule has 1 aromatic heterocycles. The summed E-state index contributed by atoms with van der Waals surface area (Å²) in [5.41, 5.74) is 8.09. The van der Waals surface area contributed by atoms with E-state index in [1.807, 2.05) is 58.0 Å². The number of benzene rings is 2. The molecule has 3 aliphatic heterocycles. The highest BCUT2D eigenvalue weighted by atomic mass is 19.2. The van der Waals surface area contributed by atoms with Crippen molar-refractivity contribution >= 4 is 24.3 Å². The minimum absolute atomic E-state index is 0.311. The zero-order valence-corrected chi connectivity index (χ0v) is 27.2. The van der Waals surface area contributed by atoms with Gasteiger partial charge in [-0.15, -0.1) is 0 Å². The number of aliphatic hydroxyl groups excluding tert-OH is 4. The van der Waals surface area contributed by atoms with E-state index in [1.165, 1.54) is 8.96 Å². The highest BCUT2D eigenvalue weighted by molar-refractivity contribution is 6.58. The van der Waals surface area contributed by atoms with Crippen LogP contribution in [0.5, 0.6) is 5.75 Å². The molecule has 47 heavy (non-hydrogen) atoms. The van der Waals surface area contributed by atoms with Crippen molar-refractivity contribution in [3.05, 3.63) is 111 Å². The highest BCUT2D eigenvalue weighted by Gasteiger charge is 2.57. The molecule has 1 fully saturated rings. The molecular weight excluding hydrogens is 605 g/mol. The van der Waals surface area contributed by atoms with Crippen molar-refractivity contribution in [2.45, 2.75) is 78.2 Å². The van der Waals surface area contributed by atoms with Crippen molar-refractivity contribution in [1.29, 1.82) is 0 Å². The molecule has 0 aliphatic carbocycles. The number of hydrogen-bond donors (Lipinski definition) is 4. The van der Waals surface area contributed by atoms with Crippen molar-refractivity contribution in [3.8, 4) is 5.75 Å². The number of hydrogen-bond acceptors (Lipinski definition) is 6. The van der Waals surface area contributed by atoms with Crippen LogP contribution in [0.25, 0.3) is 11.6 Å². The minimum Gasteiger partial charge on any atom is -0.462 e. The van der Waals surface area contributed by atoms with Gasteiger partial charge in [0.25, 0.3) is 0 Å². The fourth-order valence-corrected chi connectivity index (χ4v) is 7.40. The van der Waals surface area contributed by atoms with E-state index in [0.717, 1.165) is 39.0 Å². The number of nitrogens with zero attached hydrogens (tertiary/aromatic N) is 2. The van der Waals surface area contributed by atoms with E-state index in [9.17, 15) is 20.4 Å². The van der Waals surface area contributed by atoms with Gasteiger partial charge in [-0.05, 0) is 79.8 Å². The number of allylic oxidation sites excluding steroid dienone is 3. The second-order valence-electron chi connectivity index (χ2n) is 12.4. The molecule has 3 aromatic rings. The number of aromatic nitrogens is 1. The van der Waals surface area contributed by atoms with Crippen LogP contribution in [0.1, 0.15) is 60.8 Å². The molecule has 0 amide bonds. The van der Waals surface area contributed by atoms with Crippen molar-refractivity contribution < 1.29 is 43.0 Å². The van der Waals surface area contributed by atoms with Gasteiger partial charge in [-0.2, -0.15) is 0 Å². The van der Waals surface area contributed by atoms with Crippen LogP contribution in [-0.4, -0.2) is 79.4 Å². The first-order valence-electron chi connectivity index (χ1n) is 16.1. The van der Waals surface area contributed by atoms with Crippen molar-refractivity contribution in [1.82, 2.24) is 4.48 Å². The smallest absolute Gasteiger partial charge is 0.462 e. The summed E-state index contributed by atoms with van der Waals surface area (Å²) in [6.45, 7) is 4.86. The molecular formula is C36H41BF2N2O6. The third-order valence-electron chi connectivity index (χ3n) is 9.74. The van der Waals surface area contributed by atoms with Gasteiger partial charge < -0.3 is 47.5 Å². The Morgan fingerprint density at radius 1 is 0.915 bits per heavy atom. The molecule has 0 unspecified atom stereocenters. The maximum atomic E-state index is 17.0. The van der Waals surface area contributed by atoms with Gasteiger partial charge in [0.1, 0.15) is 30.2 Å². The van der Waals surface area contributed by atoms with Gasteiger partial charge in [-0.25, -0.2) is 0 Å². The average molecular weight is 647 g/mol. The second-order valence-corrected chi connectivity index (χ2v) is 12.4. The van der Waals surface area contributed by atoms with E-state index in [-0.39, 0.29) is 0 Å². The molecule has 2 aromatic carbocycles. The van der Waals surface area contributed by atoms with Gasteiger partial charge in [-0.1, -0.05) is 56.3 Å². The number of fused-ring (bicyclic) bond motifs is 2. The van der Waals surface area contributed by atoms with Crippen LogP contribution < -0.4 is 4.74 Å². The van der Waals surface area contributed by atoms with Crippen LogP contribution in [0.15, 0.2) is 77.5 Å². The van der Waals surface area contributed by atoms with Crippen LogP contribution in [0.2, 0.25) is 0 Å². The number of rotatable bonds is 8. The standard InChI is InChI=1S/C36H41BF2N2O6/c1-6-26-20(3)31-30(24-11-9-8-10-12-24)32-21(4)27(7-2)28(41(32)37(38,39)40(31)22(26)5)18-15-23-13-16-25(17-14-23)46-36-35(45)34(44)33(43)29(19-42)47-36/h8-18,29,33-36,42-45H,6-7,19H2,1-5H3/b18-15+/t29-,33-,34+,35-,36+/m1/s1. The molecule has 8 nitrogen and oxygen atoms in total. The quantitative estimate of drug-likeness (QED) is 0.264. The van der Waals surface area contributed by atoms with Crippen molar-refractivity contribution in [2.24, 2.45) is 0 Å². The van der Waals surface area contributed by atoms with E-state index < -0.39 is 44.3 Å². The van der Waals surface area contributed by atoms with Gasteiger partial charge in [0.2, 0.25) is 6.29 Å². The van der Waals surface area contributed by atoms with E-state index in [0.29, 0.717) is 41.4 Å². The summed E-state index contributed by atoms with van der Waals surface area (Å²) in [5.74, 6) is 0.311. The molecule has 0 radical (unpaired) electrons. The molecule has 3 aliphatic rings. The lowest BCUT2D eigenvalue weighted by Crippen LogP contribution is -2.60. The molecule has 1 saturated heterocycles. The summed E-state index contributed by atoms with van der Waals surface area (Å²) in [5, 5.41) is 39.9. The summed E-state index contributed by atoms with van der Waals surface area (Å²) in [7, 11) is 0. The van der Waals surface area contributed by atoms with E-state index >= 15 is 8.63 Å². The largest absolute Gasteiger partial charge is 0.737 e. The maximum absolute atomic E-state index is 17.0. The zero-order valence-electron chi connectivity index (χ0n) is 27.2. The first-order chi connectivity index (χ1) is 22.5. The van der Waals surface area contributed by atoms with Crippen LogP contribution >= 0.6 is 0 Å². The Bertz CT molecular complexity index is 1810. The third kappa shape index (κ3) is 5.30. The lowest BCUT2D eigenvalue weighted by atomic mass is 9.83. The van der Waals surface area contributed by atoms with Crippen LogP contribution in [-0.2, 0) is 11.2 Å². The molecule has 0 spiro atoms. The molecule has 248 valence electrons. The highest BCUT2D eigenvalue weighted by Crippen LogP contribution is 2.47. The van der Waals surface area contributed by atoms with E-state index in [2.05, 4.69) is 0 Å². The summed E-state index contributed by atoms with van der Waals surface area (Å²) in [6.07, 6.45) is -2.22. The monoisotopic (exact) mass is 646 g/mol. The first-order valence-corrected chi connectivity index (χ1v) is 16.1. The number of aliphatic hydroxyl groups is 4. The van der Waals surface area contributed by atoms with Gasteiger partial charge in [0.15, 0.2) is 11.4 Å². The van der Waals surface area contributed by atoms with Gasteiger partial charge in [0.05, 0.1) is 12.2 Å². The first kappa shape index (κ1) is 33.1. The molecule has 6 rings (SSSR count). The van der Waals surface area contributed by atoms with E-state index in [4.69, 9.17) is 9.47 Å². The van der Waals surface area contributed by atoms with Gasteiger partial charge >= 0.3 is 6.97 Å². The molecule has 4 N–H and O–H groups in total. The normalized spacial score (nSPS) is 25.6. The molecule has 4 heterocycles. The van der Waals surface area contributed by atoms with Crippen molar-refractivity contribution in [2.75, 3.05) is 6.61 Å². The SMILES string of the molecule is CCC1=C(C)C2=C(c3ccccc3)c3c(C)c(CC)c(C)n3[B-](F)(F)[N+]2=C1/C=C/c1ccc(O[C@H]2O[C@H](CO)[C@@H](O)[C@H](O)[C@H]2O)cc1. The van der Waals surface area contributed by atoms with Crippen LogP contribution in [0.4, 0.5) is 8.63 Å². The average Bonchev–Trinajstić information content (AvgIpc) is 3.50. The zero-order chi connectivity index (χ0) is 33.8. The van der Waals surface area contributed by atoms with E-state index in [1.54, 1.807) is 43.3 Å². The fourth-order valence-electron chi connectivity index (χ4n) is 7.40. The van der Waals surface area contributed by atoms with Crippen LogP contribution in [0.3, 0.4) is 0 Å². The Morgan fingerprint density at radius 2 is 1.60 bits per heavy atom. The fraction of sp³-hybridized carbons (Fsp3) is 0.361. The Labute approximate surface area is 273 Å². The molecule has 0 bridgehead atoms. The van der Waals surface area contributed by atoms with Crippen molar-refractivity contribution in [3.63, 3.8) is 0 Å². The topological polar surface area (TPSA) is 107 Å². The maximum Gasteiger partial charge on any atom is 0.737 e. The van der Waals surface area contributed by atoms with Crippen LogP contribution in [0, 0.1) is 13.8 Å². The molecule has 0 saturated carbocycles. The summed E-state index contributed by atoms with van der Waals surface area (Å²) < 4.78 is 47.8. The molecule has 11 heteroatoms. The Balaban J connectivity index is 1.41. The predicted octanol–water partition coefficient (Wildman–Crippen LogP) is 4.75. The number of halogens is 2. The number of ether oxygens (including phenoxy) is 2. The summed E-state index contributed by atoms with van der Waals surface area (Å²) in [4.78, 5) is 0. The Hall–Kier alpha value is -3.87. The predicted molar refractivity (Wildman–Crippen MR) is 177 cm³/mol. The Kier molecular flexibility index (Phi) is 8.88. The van der Waals surface area contributed by atoms with Gasteiger partial charge in [0, 0.05) is 22.9 Å². The molecule has 5 atom stereocenters. The second kappa shape index (κ2) is 12.6. The Morgan fingerprint density at radius 3 is 2.21 bits per heavy atom.